The first-order valence-electron chi connectivity index (χ1n) is 7.04. The molecule has 1 atom stereocenters. The van der Waals surface area contributed by atoms with Crippen molar-refractivity contribution < 1.29 is 9.53 Å². The molecule has 1 heterocycles. The summed E-state index contributed by atoms with van der Waals surface area (Å²) in [6, 6.07) is 0. The summed E-state index contributed by atoms with van der Waals surface area (Å²) in [7, 11) is 0. The molecule has 1 unspecified atom stereocenters. The number of rotatable bonds is 7. The van der Waals surface area contributed by atoms with Gasteiger partial charge in [-0.05, 0) is 19.3 Å². The molecule has 0 spiro atoms. The molecule has 0 bridgehead atoms. The van der Waals surface area contributed by atoms with Crippen molar-refractivity contribution in [2.45, 2.75) is 77.7 Å². The molecule has 0 saturated carbocycles. The number of hydrogen-bond acceptors (Lipinski definition) is 2. The lowest BCUT2D eigenvalue weighted by molar-refractivity contribution is -0.115. The van der Waals surface area contributed by atoms with Crippen molar-refractivity contribution in [2.24, 2.45) is 5.73 Å². The van der Waals surface area contributed by atoms with Gasteiger partial charge in [0.2, 0.25) is 5.91 Å². The maximum Gasteiger partial charge on any atom is 0.214 e. The van der Waals surface area contributed by atoms with E-state index in [0.717, 1.165) is 6.61 Å². The van der Waals surface area contributed by atoms with Gasteiger partial charge in [-0.3, -0.25) is 4.79 Å². The first kappa shape index (κ1) is 16.4. The molecule has 1 saturated heterocycles. The predicted octanol–water partition coefficient (Wildman–Crippen LogP) is 3.41. The number of unbranched alkanes of at least 4 members (excludes halogenated alkanes) is 5. The second-order valence-corrected chi connectivity index (χ2v) is 4.80. The molecule has 1 amide bonds. The van der Waals surface area contributed by atoms with E-state index in [9.17, 15) is 4.79 Å². The van der Waals surface area contributed by atoms with Crippen LogP contribution in [0.4, 0.5) is 0 Å². The number of amides is 1. The molecule has 0 aromatic heterocycles. The smallest absolute Gasteiger partial charge is 0.214 e. The van der Waals surface area contributed by atoms with E-state index in [2.05, 4.69) is 12.7 Å². The van der Waals surface area contributed by atoms with Gasteiger partial charge in [0.1, 0.15) is 0 Å². The molecule has 1 rings (SSSR count). The summed E-state index contributed by atoms with van der Waals surface area (Å²) in [4.78, 5) is 9.22. The Bertz CT molecular complexity index is 173. The van der Waals surface area contributed by atoms with Gasteiger partial charge >= 0.3 is 0 Å². The number of carbonyl (C=O) groups excluding carboxylic acids is 1. The second-order valence-electron chi connectivity index (χ2n) is 4.80. The fourth-order valence-electron chi connectivity index (χ4n) is 2.02. The van der Waals surface area contributed by atoms with Crippen molar-refractivity contribution >= 4 is 5.91 Å². The lowest BCUT2D eigenvalue weighted by atomic mass is 10.1. The van der Waals surface area contributed by atoms with Gasteiger partial charge in [-0.2, -0.15) is 0 Å². The van der Waals surface area contributed by atoms with Crippen molar-refractivity contribution in [3.05, 3.63) is 0 Å². The van der Waals surface area contributed by atoms with Gasteiger partial charge in [0, 0.05) is 13.5 Å². The molecule has 1 fully saturated rings. The molecule has 3 nitrogen and oxygen atoms in total. The molecular formula is C14H29NO2. The number of nitrogens with two attached hydrogens (primary N) is 1. The predicted molar refractivity (Wildman–Crippen MR) is 71.8 cm³/mol. The minimum Gasteiger partial charge on any atom is -0.378 e. The molecule has 102 valence electrons. The normalized spacial score (nSPS) is 18.6. The number of ether oxygens (including phenoxy) is 1. The molecule has 17 heavy (non-hydrogen) atoms. The first-order valence-corrected chi connectivity index (χ1v) is 7.04. The molecule has 3 heteroatoms. The van der Waals surface area contributed by atoms with Gasteiger partial charge in [0.05, 0.1) is 6.10 Å². The average molecular weight is 243 g/mol. The van der Waals surface area contributed by atoms with Gasteiger partial charge in [0.25, 0.3) is 0 Å². The lowest BCUT2D eigenvalue weighted by Gasteiger charge is -2.08. The highest BCUT2D eigenvalue weighted by Crippen LogP contribution is 2.18. The second kappa shape index (κ2) is 11.9. The average Bonchev–Trinajstić information content (AvgIpc) is 2.75. The largest absolute Gasteiger partial charge is 0.378 e. The van der Waals surface area contributed by atoms with Crippen molar-refractivity contribution in [2.75, 3.05) is 6.61 Å². The zero-order chi connectivity index (χ0) is 12.9. The monoisotopic (exact) mass is 243 g/mol. The minimum atomic E-state index is -0.333. The Morgan fingerprint density at radius 3 is 2.35 bits per heavy atom. The van der Waals surface area contributed by atoms with E-state index in [0.29, 0.717) is 6.10 Å². The molecule has 1 aliphatic rings. The Morgan fingerprint density at radius 2 is 1.82 bits per heavy atom. The summed E-state index contributed by atoms with van der Waals surface area (Å²) >= 11 is 0. The summed E-state index contributed by atoms with van der Waals surface area (Å²) in [5.41, 5.74) is 4.47. The van der Waals surface area contributed by atoms with Crippen LogP contribution in [0.25, 0.3) is 0 Å². The molecule has 0 aromatic rings. The van der Waals surface area contributed by atoms with Gasteiger partial charge in [-0.15, -0.1) is 0 Å². The molecular weight excluding hydrogens is 214 g/mol. The lowest BCUT2D eigenvalue weighted by Crippen LogP contribution is -2.03. The highest BCUT2D eigenvalue weighted by atomic mass is 16.5. The summed E-state index contributed by atoms with van der Waals surface area (Å²) in [5.74, 6) is -0.333. The van der Waals surface area contributed by atoms with E-state index in [1.54, 1.807) is 0 Å². The fourth-order valence-corrected chi connectivity index (χ4v) is 2.02. The van der Waals surface area contributed by atoms with Crippen LogP contribution in [0.5, 0.6) is 0 Å². The van der Waals surface area contributed by atoms with E-state index in [1.807, 2.05) is 0 Å². The number of primary amides is 1. The molecule has 2 N–H and O–H groups in total. The van der Waals surface area contributed by atoms with Crippen LogP contribution in [0.1, 0.15) is 71.6 Å². The van der Waals surface area contributed by atoms with Crippen LogP contribution >= 0.6 is 0 Å². The van der Waals surface area contributed by atoms with Gasteiger partial charge in [-0.1, -0.05) is 45.4 Å². The highest BCUT2D eigenvalue weighted by Gasteiger charge is 2.13. The van der Waals surface area contributed by atoms with Crippen LogP contribution in [-0.2, 0) is 9.53 Å². The van der Waals surface area contributed by atoms with E-state index in [1.165, 1.54) is 64.7 Å². The maximum absolute atomic E-state index is 9.22. The molecule has 1 aliphatic heterocycles. The molecule has 0 aliphatic carbocycles. The third kappa shape index (κ3) is 13.4. The standard InChI is InChI=1S/C12H24O.C2H5NO/c1-2-3-4-5-6-7-9-12-10-8-11-13-12;1-2(3)4/h12H,2-11H2,1H3;1H3,(H2,3,4). The molecule has 0 aromatic carbocycles. The Balaban J connectivity index is 0.000000557. The Kier molecular flexibility index (Phi) is 11.5. The van der Waals surface area contributed by atoms with E-state index in [4.69, 9.17) is 4.74 Å². The van der Waals surface area contributed by atoms with E-state index in [-0.39, 0.29) is 5.91 Å². The van der Waals surface area contributed by atoms with E-state index >= 15 is 0 Å². The summed E-state index contributed by atoms with van der Waals surface area (Å²) in [6.45, 7) is 4.59. The molecule has 0 radical (unpaired) electrons. The Labute approximate surface area is 106 Å². The van der Waals surface area contributed by atoms with Crippen LogP contribution in [0.2, 0.25) is 0 Å². The number of hydrogen-bond donors (Lipinski definition) is 1. The zero-order valence-electron chi connectivity index (χ0n) is 11.5. The number of carbonyl (C=O) groups is 1. The zero-order valence-corrected chi connectivity index (χ0v) is 11.5. The van der Waals surface area contributed by atoms with Crippen molar-refractivity contribution in [3.8, 4) is 0 Å². The van der Waals surface area contributed by atoms with Gasteiger partial charge in [-0.25, -0.2) is 0 Å². The first-order chi connectivity index (χ1) is 8.16. The Morgan fingerprint density at radius 1 is 1.24 bits per heavy atom. The minimum absolute atomic E-state index is 0.333. The van der Waals surface area contributed by atoms with Gasteiger partial charge < -0.3 is 10.5 Å². The van der Waals surface area contributed by atoms with Crippen molar-refractivity contribution in [1.29, 1.82) is 0 Å². The SMILES string of the molecule is CC(N)=O.CCCCCCCCC1CCCO1. The summed E-state index contributed by atoms with van der Waals surface area (Å²) < 4.78 is 5.58. The Hall–Kier alpha value is -0.570. The topological polar surface area (TPSA) is 52.3 Å². The van der Waals surface area contributed by atoms with Crippen molar-refractivity contribution in [3.63, 3.8) is 0 Å². The third-order valence-corrected chi connectivity index (χ3v) is 2.90. The van der Waals surface area contributed by atoms with Crippen LogP contribution in [0.3, 0.4) is 0 Å². The van der Waals surface area contributed by atoms with Crippen LogP contribution in [0, 0.1) is 0 Å². The maximum atomic E-state index is 9.22. The van der Waals surface area contributed by atoms with Gasteiger partial charge in [0.15, 0.2) is 0 Å². The van der Waals surface area contributed by atoms with Crippen molar-refractivity contribution in [1.82, 2.24) is 0 Å². The van der Waals surface area contributed by atoms with Crippen LogP contribution in [0.15, 0.2) is 0 Å². The third-order valence-electron chi connectivity index (χ3n) is 2.90. The highest BCUT2D eigenvalue weighted by molar-refractivity contribution is 5.70. The van der Waals surface area contributed by atoms with E-state index < -0.39 is 0 Å². The van der Waals surface area contributed by atoms with Crippen LogP contribution < -0.4 is 5.73 Å². The van der Waals surface area contributed by atoms with Crippen LogP contribution in [-0.4, -0.2) is 18.6 Å². The summed E-state index contributed by atoms with van der Waals surface area (Å²) in [5, 5.41) is 0. The summed E-state index contributed by atoms with van der Waals surface area (Å²) in [6.07, 6.45) is 13.0. The quantitative estimate of drug-likeness (QED) is 0.697. The fraction of sp³-hybridized carbons (Fsp3) is 0.929.